The number of carbonyl (C=O) groups excluding carboxylic acids is 1. The third-order valence-corrected chi connectivity index (χ3v) is 4.09. The number of amides is 1. The molecule has 1 unspecified atom stereocenters. The van der Waals surface area contributed by atoms with Crippen molar-refractivity contribution < 1.29 is 9.21 Å². The number of rotatable bonds is 5. The summed E-state index contributed by atoms with van der Waals surface area (Å²) in [6, 6.07) is 3.51. The van der Waals surface area contributed by atoms with Crippen molar-refractivity contribution in [1.82, 2.24) is 10.2 Å². The summed E-state index contributed by atoms with van der Waals surface area (Å²) in [6.07, 6.45) is 1.60. The van der Waals surface area contributed by atoms with Crippen LogP contribution >= 0.6 is 0 Å². The lowest BCUT2D eigenvalue weighted by molar-refractivity contribution is -0.130. The molecule has 1 aliphatic rings. The Bertz CT molecular complexity index is 422. The first-order chi connectivity index (χ1) is 8.92. The SMILES string of the molecule is CC(C(=O)NCc1ccco1)N1CC(N)(C(C)C)C1. The molecule has 1 amide bonds. The number of furan rings is 1. The molecule has 1 saturated heterocycles. The highest BCUT2D eigenvalue weighted by Gasteiger charge is 2.44. The van der Waals surface area contributed by atoms with Crippen LogP contribution in [-0.4, -0.2) is 35.5 Å². The highest BCUT2D eigenvalue weighted by atomic mass is 16.3. The Morgan fingerprint density at radius 1 is 1.53 bits per heavy atom. The number of likely N-dealkylation sites (tertiary alicyclic amines) is 1. The Labute approximate surface area is 114 Å². The van der Waals surface area contributed by atoms with Crippen molar-refractivity contribution in [2.75, 3.05) is 13.1 Å². The molecule has 0 aromatic carbocycles. The van der Waals surface area contributed by atoms with Gasteiger partial charge in [0.15, 0.2) is 0 Å². The van der Waals surface area contributed by atoms with Gasteiger partial charge in [0.2, 0.25) is 5.91 Å². The van der Waals surface area contributed by atoms with Crippen LogP contribution in [0.2, 0.25) is 0 Å². The maximum absolute atomic E-state index is 12.0. The van der Waals surface area contributed by atoms with Gasteiger partial charge in [-0.2, -0.15) is 0 Å². The summed E-state index contributed by atoms with van der Waals surface area (Å²) in [5.74, 6) is 1.21. The Morgan fingerprint density at radius 3 is 2.74 bits per heavy atom. The molecule has 2 heterocycles. The van der Waals surface area contributed by atoms with Crippen LogP contribution in [0, 0.1) is 5.92 Å². The van der Waals surface area contributed by atoms with E-state index >= 15 is 0 Å². The van der Waals surface area contributed by atoms with Gasteiger partial charge in [-0.3, -0.25) is 9.69 Å². The van der Waals surface area contributed by atoms with Gasteiger partial charge in [0, 0.05) is 18.6 Å². The van der Waals surface area contributed by atoms with E-state index in [-0.39, 0.29) is 17.5 Å². The lowest BCUT2D eigenvalue weighted by atomic mass is 9.79. The van der Waals surface area contributed by atoms with E-state index in [2.05, 4.69) is 24.1 Å². The normalized spacial score (nSPS) is 20.1. The van der Waals surface area contributed by atoms with Crippen LogP contribution in [0.1, 0.15) is 26.5 Å². The number of carbonyl (C=O) groups is 1. The van der Waals surface area contributed by atoms with Crippen molar-refractivity contribution in [3.63, 3.8) is 0 Å². The molecular weight excluding hydrogens is 242 g/mol. The van der Waals surface area contributed by atoms with Gasteiger partial charge in [-0.1, -0.05) is 13.8 Å². The summed E-state index contributed by atoms with van der Waals surface area (Å²) in [6.45, 7) is 8.15. The van der Waals surface area contributed by atoms with Crippen LogP contribution in [0.25, 0.3) is 0 Å². The maximum atomic E-state index is 12.0. The van der Waals surface area contributed by atoms with E-state index in [1.54, 1.807) is 6.26 Å². The summed E-state index contributed by atoms with van der Waals surface area (Å²) in [5.41, 5.74) is 6.09. The van der Waals surface area contributed by atoms with E-state index in [9.17, 15) is 4.79 Å². The molecule has 2 rings (SSSR count). The van der Waals surface area contributed by atoms with Gasteiger partial charge in [-0.15, -0.1) is 0 Å². The molecule has 1 fully saturated rings. The van der Waals surface area contributed by atoms with Crippen LogP contribution in [0.3, 0.4) is 0 Å². The van der Waals surface area contributed by atoms with E-state index in [0.717, 1.165) is 18.8 Å². The lowest BCUT2D eigenvalue weighted by Crippen LogP contribution is -2.72. The van der Waals surface area contributed by atoms with Crippen LogP contribution in [0.5, 0.6) is 0 Å². The molecule has 0 aliphatic carbocycles. The molecule has 5 nitrogen and oxygen atoms in total. The Kier molecular flexibility index (Phi) is 3.96. The van der Waals surface area contributed by atoms with Gasteiger partial charge in [-0.05, 0) is 25.0 Å². The highest BCUT2D eigenvalue weighted by molar-refractivity contribution is 5.81. The average Bonchev–Trinajstić information content (AvgIpc) is 2.83. The van der Waals surface area contributed by atoms with Gasteiger partial charge in [0.05, 0.1) is 18.8 Å². The zero-order chi connectivity index (χ0) is 14.0. The maximum Gasteiger partial charge on any atom is 0.237 e. The molecule has 3 N–H and O–H groups in total. The topological polar surface area (TPSA) is 71.5 Å². The summed E-state index contributed by atoms with van der Waals surface area (Å²) >= 11 is 0. The van der Waals surface area contributed by atoms with Gasteiger partial charge < -0.3 is 15.5 Å². The van der Waals surface area contributed by atoms with Crippen LogP contribution < -0.4 is 11.1 Å². The average molecular weight is 265 g/mol. The minimum absolute atomic E-state index is 0.0159. The lowest BCUT2D eigenvalue weighted by Gasteiger charge is -2.52. The van der Waals surface area contributed by atoms with Crippen molar-refractivity contribution in [3.8, 4) is 0 Å². The first-order valence-electron chi connectivity index (χ1n) is 6.75. The summed E-state index contributed by atoms with van der Waals surface area (Å²) in [4.78, 5) is 14.1. The molecule has 1 atom stereocenters. The smallest absolute Gasteiger partial charge is 0.237 e. The number of hydrogen-bond acceptors (Lipinski definition) is 4. The second-order valence-corrected chi connectivity index (χ2v) is 5.77. The zero-order valence-corrected chi connectivity index (χ0v) is 11.8. The van der Waals surface area contributed by atoms with Crippen LogP contribution in [-0.2, 0) is 11.3 Å². The van der Waals surface area contributed by atoms with E-state index in [1.165, 1.54) is 0 Å². The summed E-state index contributed by atoms with van der Waals surface area (Å²) in [7, 11) is 0. The van der Waals surface area contributed by atoms with Gasteiger partial charge in [0.1, 0.15) is 5.76 Å². The second-order valence-electron chi connectivity index (χ2n) is 5.77. The first-order valence-corrected chi connectivity index (χ1v) is 6.75. The Hall–Kier alpha value is -1.33. The van der Waals surface area contributed by atoms with E-state index < -0.39 is 0 Å². The largest absolute Gasteiger partial charge is 0.467 e. The minimum Gasteiger partial charge on any atom is -0.467 e. The fraction of sp³-hybridized carbons (Fsp3) is 0.643. The standard InChI is InChI=1S/C14H23N3O2/c1-10(2)14(15)8-17(9-14)11(3)13(18)16-7-12-5-4-6-19-12/h4-6,10-11H,7-9,15H2,1-3H3,(H,16,18). The van der Waals surface area contributed by atoms with E-state index in [1.807, 2.05) is 19.1 Å². The number of nitrogens with zero attached hydrogens (tertiary/aromatic N) is 1. The Balaban J connectivity index is 1.78. The molecule has 0 radical (unpaired) electrons. The quantitative estimate of drug-likeness (QED) is 0.831. The number of hydrogen-bond donors (Lipinski definition) is 2. The molecule has 1 aliphatic heterocycles. The number of nitrogens with two attached hydrogens (primary N) is 1. The third kappa shape index (κ3) is 2.98. The van der Waals surface area contributed by atoms with Gasteiger partial charge >= 0.3 is 0 Å². The molecule has 5 heteroatoms. The van der Waals surface area contributed by atoms with Crippen molar-refractivity contribution in [1.29, 1.82) is 0 Å². The fourth-order valence-electron chi connectivity index (χ4n) is 2.25. The molecule has 1 aromatic heterocycles. The van der Waals surface area contributed by atoms with Crippen molar-refractivity contribution in [2.24, 2.45) is 11.7 Å². The van der Waals surface area contributed by atoms with Crippen LogP contribution in [0.4, 0.5) is 0 Å². The number of nitrogens with one attached hydrogen (secondary N) is 1. The van der Waals surface area contributed by atoms with Gasteiger partial charge in [0.25, 0.3) is 0 Å². The molecule has 106 valence electrons. The summed E-state index contributed by atoms with van der Waals surface area (Å²) < 4.78 is 5.18. The second kappa shape index (κ2) is 5.35. The predicted octanol–water partition coefficient (Wildman–Crippen LogP) is 0.953. The monoisotopic (exact) mass is 265 g/mol. The molecule has 0 bridgehead atoms. The molecule has 0 spiro atoms. The summed E-state index contributed by atoms with van der Waals surface area (Å²) in [5, 5.41) is 2.88. The predicted molar refractivity (Wildman–Crippen MR) is 73.3 cm³/mol. The van der Waals surface area contributed by atoms with Crippen molar-refractivity contribution >= 4 is 5.91 Å². The fourth-order valence-corrected chi connectivity index (χ4v) is 2.25. The molecule has 1 aromatic rings. The van der Waals surface area contributed by atoms with Crippen molar-refractivity contribution in [3.05, 3.63) is 24.2 Å². The molecule has 19 heavy (non-hydrogen) atoms. The Morgan fingerprint density at radius 2 is 2.21 bits per heavy atom. The highest BCUT2D eigenvalue weighted by Crippen LogP contribution is 2.27. The van der Waals surface area contributed by atoms with Gasteiger partial charge in [-0.25, -0.2) is 0 Å². The van der Waals surface area contributed by atoms with E-state index in [4.69, 9.17) is 10.2 Å². The van der Waals surface area contributed by atoms with Crippen molar-refractivity contribution in [2.45, 2.75) is 38.9 Å². The third-order valence-electron chi connectivity index (χ3n) is 4.09. The van der Waals surface area contributed by atoms with Crippen LogP contribution in [0.15, 0.2) is 22.8 Å². The zero-order valence-electron chi connectivity index (χ0n) is 11.8. The van der Waals surface area contributed by atoms with E-state index in [0.29, 0.717) is 12.5 Å². The molecular formula is C14H23N3O2. The minimum atomic E-state index is -0.148. The molecule has 0 saturated carbocycles. The first kappa shape index (κ1) is 14.1.